The highest BCUT2D eigenvalue weighted by Crippen LogP contribution is 2.18. The average Bonchev–Trinajstić information content (AvgIpc) is 2.32. The molecule has 0 fully saturated rings. The van der Waals surface area contributed by atoms with Crippen molar-refractivity contribution < 1.29 is 9.57 Å². The molecule has 0 N–H and O–H groups in total. The van der Waals surface area contributed by atoms with Crippen LogP contribution in [0.3, 0.4) is 0 Å². The van der Waals surface area contributed by atoms with E-state index < -0.39 is 0 Å². The zero-order valence-corrected chi connectivity index (χ0v) is 9.98. The molecule has 0 saturated carbocycles. The Morgan fingerprint density at radius 3 is 2.56 bits per heavy atom. The lowest BCUT2D eigenvalue weighted by Gasteiger charge is -2.23. The first-order chi connectivity index (χ1) is 7.79. The van der Waals surface area contributed by atoms with Gasteiger partial charge in [0.05, 0.1) is 19.4 Å². The molecule has 0 aliphatic carbocycles. The minimum atomic E-state index is 0.516. The molecule has 3 nitrogen and oxygen atoms in total. The second kappa shape index (κ2) is 6.90. The van der Waals surface area contributed by atoms with Crippen molar-refractivity contribution in [2.45, 2.75) is 19.8 Å². The van der Waals surface area contributed by atoms with Gasteiger partial charge in [-0.2, -0.15) is 5.06 Å². The number of hydrogen-bond donors (Lipinski definition) is 0. The van der Waals surface area contributed by atoms with Gasteiger partial charge in [-0.15, -0.1) is 0 Å². The predicted octanol–water partition coefficient (Wildman–Crippen LogP) is 3.34. The second-order valence-electron chi connectivity index (χ2n) is 3.41. The minimum Gasteiger partial charge on any atom is -0.478 e. The van der Waals surface area contributed by atoms with Gasteiger partial charge in [-0.3, -0.25) is 4.84 Å². The summed E-state index contributed by atoms with van der Waals surface area (Å²) >= 11 is 0. The van der Waals surface area contributed by atoms with Gasteiger partial charge in [0.2, 0.25) is 5.88 Å². The van der Waals surface area contributed by atoms with Crippen LogP contribution in [0.5, 0.6) is 0 Å². The summed E-state index contributed by atoms with van der Waals surface area (Å²) in [6.45, 7) is 6.64. The van der Waals surface area contributed by atoms with Crippen LogP contribution in [0.25, 0.3) is 0 Å². The van der Waals surface area contributed by atoms with Crippen molar-refractivity contribution in [3.8, 4) is 0 Å². The molecular weight excluding hydrogens is 202 g/mol. The van der Waals surface area contributed by atoms with Crippen molar-refractivity contribution in [1.82, 2.24) is 0 Å². The van der Waals surface area contributed by atoms with Gasteiger partial charge in [-0.1, -0.05) is 31.5 Å². The number of hydrogen-bond acceptors (Lipinski definition) is 3. The zero-order valence-electron chi connectivity index (χ0n) is 9.98. The van der Waals surface area contributed by atoms with Gasteiger partial charge in [-0.05, 0) is 25.1 Å². The topological polar surface area (TPSA) is 21.7 Å². The molecule has 0 radical (unpaired) electrons. The Kier molecular flexibility index (Phi) is 5.43. The summed E-state index contributed by atoms with van der Waals surface area (Å²) in [5.74, 6) is 0.516. The maximum absolute atomic E-state index is 5.50. The minimum absolute atomic E-state index is 0.516. The van der Waals surface area contributed by atoms with E-state index in [0.29, 0.717) is 12.5 Å². The Labute approximate surface area is 97.2 Å². The van der Waals surface area contributed by atoms with Crippen molar-refractivity contribution in [1.29, 1.82) is 0 Å². The first-order valence-electron chi connectivity index (χ1n) is 5.50. The Morgan fingerprint density at radius 2 is 2.00 bits per heavy atom. The summed E-state index contributed by atoms with van der Waals surface area (Å²) in [5, 5.41) is 1.58. The molecule has 0 aliphatic rings. The molecular formula is C13H19NO2. The van der Waals surface area contributed by atoms with Crippen LogP contribution in [0.15, 0.2) is 42.8 Å². The Bertz CT molecular complexity index is 311. The van der Waals surface area contributed by atoms with Crippen molar-refractivity contribution in [3.05, 3.63) is 42.8 Å². The molecule has 0 bridgehead atoms. The third kappa shape index (κ3) is 3.59. The first kappa shape index (κ1) is 12.6. The molecule has 0 atom stereocenters. The van der Waals surface area contributed by atoms with E-state index in [0.717, 1.165) is 18.5 Å². The maximum Gasteiger partial charge on any atom is 0.211 e. The SMILES string of the molecule is C=C(OCCCC)N(OC)c1ccccc1. The number of para-hydroxylation sites is 1. The van der Waals surface area contributed by atoms with Crippen molar-refractivity contribution in [2.24, 2.45) is 0 Å². The Balaban J connectivity index is 2.57. The lowest BCUT2D eigenvalue weighted by Crippen LogP contribution is -2.22. The van der Waals surface area contributed by atoms with Crippen LogP contribution in [0, 0.1) is 0 Å². The molecule has 0 aliphatic heterocycles. The lowest BCUT2D eigenvalue weighted by molar-refractivity contribution is 0.105. The van der Waals surface area contributed by atoms with E-state index in [1.165, 1.54) is 0 Å². The fourth-order valence-corrected chi connectivity index (χ4v) is 1.31. The van der Waals surface area contributed by atoms with Crippen LogP contribution in [0.4, 0.5) is 5.69 Å². The number of unbranched alkanes of at least 4 members (excludes halogenated alkanes) is 1. The summed E-state index contributed by atoms with van der Waals surface area (Å²) in [7, 11) is 1.60. The van der Waals surface area contributed by atoms with Crippen molar-refractivity contribution in [2.75, 3.05) is 18.8 Å². The average molecular weight is 221 g/mol. The molecule has 16 heavy (non-hydrogen) atoms. The predicted molar refractivity (Wildman–Crippen MR) is 65.9 cm³/mol. The summed E-state index contributed by atoms with van der Waals surface area (Å²) in [6.07, 6.45) is 2.12. The smallest absolute Gasteiger partial charge is 0.211 e. The van der Waals surface area contributed by atoms with Crippen LogP contribution in [0.2, 0.25) is 0 Å². The van der Waals surface area contributed by atoms with E-state index in [-0.39, 0.29) is 0 Å². The van der Waals surface area contributed by atoms with Gasteiger partial charge in [0, 0.05) is 0 Å². The van der Waals surface area contributed by atoms with E-state index in [9.17, 15) is 0 Å². The first-order valence-corrected chi connectivity index (χ1v) is 5.50. The summed E-state index contributed by atoms with van der Waals surface area (Å²) < 4.78 is 5.50. The monoisotopic (exact) mass is 221 g/mol. The van der Waals surface area contributed by atoms with Gasteiger partial charge in [0.15, 0.2) is 0 Å². The number of hydroxylamine groups is 1. The summed E-state index contributed by atoms with van der Waals surface area (Å²) in [5.41, 5.74) is 0.909. The number of benzene rings is 1. The molecule has 0 aromatic heterocycles. The molecule has 0 unspecified atom stereocenters. The van der Waals surface area contributed by atoms with Gasteiger partial charge in [0.25, 0.3) is 0 Å². The molecule has 0 saturated heterocycles. The standard InChI is InChI=1S/C13H19NO2/c1-4-5-11-16-12(2)14(15-3)13-9-7-6-8-10-13/h6-10H,2,4-5,11H2,1,3H3. The van der Waals surface area contributed by atoms with Gasteiger partial charge in [0.1, 0.15) is 0 Å². The lowest BCUT2D eigenvalue weighted by atomic mass is 10.3. The largest absolute Gasteiger partial charge is 0.478 e. The highest BCUT2D eigenvalue weighted by Gasteiger charge is 2.09. The van der Waals surface area contributed by atoms with E-state index in [4.69, 9.17) is 9.57 Å². The molecule has 1 aromatic rings. The maximum atomic E-state index is 5.50. The van der Waals surface area contributed by atoms with Crippen molar-refractivity contribution in [3.63, 3.8) is 0 Å². The fraction of sp³-hybridized carbons (Fsp3) is 0.385. The van der Waals surface area contributed by atoms with Crippen LogP contribution in [-0.2, 0) is 9.57 Å². The van der Waals surface area contributed by atoms with E-state index >= 15 is 0 Å². The Morgan fingerprint density at radius 1 is 1.31 bits per heavy atom. The number of rotatable bonds is 7. The molecule has 0 spiro atoms. The summed E-state index contributed by atoms with van der Waals surface area (Å²) in [4.78, 5) is 5.24. The normalized spacial score (nSPS) is 9.88. The summed E-state index contributed by atoms with van der Waals surface area (Å²) in [6, 6.07) is 9.73. The van der Waals surface area contributed by atoms with Crippen LogP contribution in [0.1, 0.15) is 19.8 Å². The highest BCUT2D eigenvalue weighted by molar-refractivity contribution is 5.47. The van der Waals surface area contributed by atoms with E-state index in [1.54, 1.807) is 12.2 Å². The number of anilines is 1. The molecule has 3 heteroatoms. The number of ether oxygens (including phenoxy) is 1. The van der Waals surface area contributed by atoms with Crippen LogP contribution >= 0.6 is 0 Å². The second-order valence-corrected chi connectivity index (χ2v) is 3.41. The number of nitrogens with zero attached hydrogens (tertiary/aromatic N) is 1. The molecule has 88 valence electrons. The molecule has 1 aromatic carbocycles. The van der Waals surface area contributed by atoms with Crippen molar-refractivity contribution >= 4 is 5.69 Å². The van der Waals surface area contributed by atoms with Gasteiger partial charge < -0.3 is 4.74 Å². The van der Waals surface area contributed by atoms with Crippen LogP contribution in [-0.4, -0.2) is 13.7 Å². The van der Waals surface area contributed by atoms with E-state index in [2.05, 4.69) is 13.5 Å². The van der Waals surface area contributed by atoms with E-state index in [1.807, 2.05) is 30.3 Å². The molecule has 0 amide bonds. The zero-order chi connectivity index (χ0) is 11.8. The molecule has 1 rings (SSSR count). The van der Waals surface area contributed by atoms with Crippen LogP contribution < -0.4 is 5.06 Å². The third-order valence-corrected chi connectivity index (χ3v) is 2.17. The highest BCUT2D eigenvalue weighted by atomic mass is 16.7. The molecule has 0 heterocycles. The fourth-order valence-electron chi connectivity index (χ4n) is 1.31. The third-order valence-electron chi connectivity index (χ3n) is 2.17. The quantitative estimate of drug-likeness (QED) is 0.400. The van der Waals surface area contributed by atoms with Gasteiger partial charge in [-0.25, -0.2) is 0 Å². The van der Waals surface area contributed by atoms with Gasteiger partial charge >= 0.3 is 0 Å². The Hall–Kier alpha value is -1.48.